The lowest BCUT2D eigenvalue weighted by molar-refractivity contribution is -0.147. The van der Waals surface area contributed by atoms with Crippen LogP contribution in [-0.4, -0.2) is 71.4 Å². The number of carbonyl (C=O) groups is 1. The second kappa shape index (κ2) is 11.8. The quantitative estimate of drug-likeness (QED) is 0.262. The maximum absolute atomic E-state index is 13.3. The molecule has 0 aliphatic rings. The summed E-state index contributed by atoms with van der Waals surface area (Å²) in [6.07, 6.45) is 3.53. The van der Waals surface area contributed by atoms with Gasteiger partial charge in [-0.15, -0.1) is 0 Å². The minimum absolute atomic E-state index is 0.117. The summed E-state index contributed by atoms with van der Waals surface area (Å²) in [6.45, 7) is 0.851. The number of sulfone groups is 1. The molecule has 0 saturated carbocycles. The molecule has 3 aromatic heterocycles. The van der Waals surface area contributed by atoms with Gasteiger partial charge in [-0.05, 0) is 30.3 Å². The molecule has 1 atom stereocenters. The molecule has 0 aliphatic heterocycles. The largest absolute Gasteiger partial charge is 0.493 e. The Morgan fingerprint density at radius 2 is 1.97 bits per heavy atom. The highest BCUT2D eigenvalue weighted by molar-refractivity contribution is 7.91. The van der Waals surface area contributed by atoms with Gasteiger partial charge in [0.15, 0.2) is 21.3 Å². The van der Waals surface area contributed by atoms with Crippen molar-refractivity contribution in [1.82, 2.24) is 19.2 Å². The summed E-state index contributed by atoms with van der Waals surface area (Å²) in [6, 6.07) is 9.89. The highest BCUT2D eigenvalue weighted by Gasteiger charge is 2.23. The van der Waals surface area contributed by atoms with Crippen LogP contribution in [0, 0.1) is 0 Å². The van der Waals surface area contributed by atoms with E-state index >= 15 is 0 Å². The summed E-state index contributed by atoms with van der Waals surface area (Å²) >= 11 is 5.92. The number of benzene rings is 1. The van der Waals surface area contributed by atoms with E-state index in [9.17, 15) is 18.0 Å². The number of ether oxygens (including phenoxy) is 3. The zero-order chi connectivity index (χ0) is 28.2. The summed E-state index contributed by atoms with van der Waals surface area (Å²) in [4.78, 5) is 29.3. The first kappa shape index (κ1) is 28.1. The van der Waals surface area contributed by atoms with Gasteiger partial charge in [0.1, 0.15) is 24.6 Å². The first-order chi connectivity index (χ1) is 18.6. The van der Waals surface area contributed by atoms with Crippen molar-refractivity contribution in [3.8, 4) is 28.4 Å². The van der Waals surface area contributed by atoms with E-state index in [-0.39, 0.29) is 29.4 Å². The number of nitrogens with two attached hydrogens (primary N) is 1. The molecule has 0 radical (unpaired) electrons. The summed E-state index contributed by atoms with van der Waals surface area (Å²) < 4.78 is 43.3. The Hall–Kier alpha value is -3.94. The number of nitrogens with zero attached hydrogens (tertiary/aromatic N) is 4. The Labute approximate surface area is 228 Å². The van der Waals surface area contributed by atoms with Crippen LogP contribution < -0.4 is 20.8 Å². The van der Waals surface area contributed by atoms with Gasteiger partial charge < -0.3 is 19.9 Å². The number of carbonyl (C=O) groups excluding carboxylic acids is 1. The van der Waals surface area contributed by atoms with Crippen molar-refractivity contribution in [2.45, 2.75) is 13.0 Å². The third-order valence-electron chi connectivity index (χ3n) is 5.75. The van der Waals surface area contributed by atoms with Gasteiger partial charge in [-0.3, -0.25) is 19.1 Å². The fourth-order valence-electron chi connectivity index (χ4n) is 3.72. The number of hydrogen-bond acceptors (Lipinski definition) is 10. The number of methoxy groups -OCH3 is 1. The zero-order valence-electron chi connectivity index (χ0n) is 21.1. The van der Waals surface area contributed by atoms with E-state index in [2.05, 4.69) is 10.1 Å². The molecule has 206 valence electrons. The van der Waals surface area contributed by atoms with Gasteiger partial charge in [0, 0.05) is 29.8 Å². The highest BCUT2D eigenvalue weighted by atomic mass is 35.5. The first-order valence-electron chi connectivity index (χ1n) is 11.8. The van der Waals surface area contributed by atoms with Gasteiger partial charge in [-0.25, -0.2) is 12.9 Å². The van der Waals surface area contributed by atoms with Crippen LogP contribution in [0.3, 0.4) is 0 Å². The summed E-state index contributed by atoms with van der Waals surface area (Å²) in [7, 11) is -2.04. The second-order valence-corrected chi connectivity index (χ2v) is 11.2. The van der Waals surface area contributed by atoms with Crippen molar-refractivity contribution in [3.63, 3.8) is 0 Å². The predicted molar refractivity (Wildman–Crippen MR) is 144 cm³/mol. The van der Waals surface area contributed by atoms with Crippen LogP contribution in [0.5, 0.6) is 11.5 Å². The summed E-state index contributed by atoms with van der Waals surface area (Å²) in [5, 5.41) is 4.84. The summed E-state index contributed by atoms with van der Waals surface area (Å²) in [5.74, 6) is -0.761. The van der Waals surface area contributed by atoms with Gasteiger partial charge in [-0.2, -0.15) is 5.10 Å². The fourth-order valence-corrected chi connectivity index (χ4v) is 4.80. The number of fused-ring (bicyclic) bond motifs is 1. The van der Waals surface area contributed by atoms with Crippen LogP contribution in [0.1, 0.15) is 6.92 Å². The van der Waals surface area contributed by atoms with Crippen molar-refractivity contribution in [2.75, 3.05) is 31.8 Å². The van der Waals surface area contributed by atoms with Crippen LogP contribution in [-0.2, 0) is 19.4 Å². The third kappa shape index (κ3) is 6.56. The van der Waals surface area contributed by atoms with E-state index < -0.39 is 34.2 Å². The Morgan fingerprint density at radius 1 is 1.18 bits per heavy atom. The third-order valence-corrected chi connectivity index (χ3v) is 7.73. The Morgan fingerprint density at radius 3 is 2.64 bits per heavy atom. The first-order valence-corrected chi connectivity index (χ1v) is 14.0. The predicted octanol–water partition coefficient (Wildman–Crippen LogP) is 1.89. The van der Waals surface area contributed by atoms with E-state index in [0.29, 0.717) is 27.5 Å². The average Bonchev–Trinajstić information content (AvgIpc) is 3.37. The minimum Gasteiger partial charge on any atom is -0.493 e. The van der Waals surface area contributed by atoms with Crippen LogP contribution in [0.25, 0.3) is 22.5 Å². The van der Waals surface area contributed by atoms with Gasteiger partial charge in [-0.1, -0.05) is 18.5 Å². The molecule has 4 aromatic rings. The molecule has 0 spiro atoms. The Kier molecular flexibility index (Phi) is 8.53. The molecule has 3 heterocycles. The van der Waals surface area contributed by atoms with Gasteiger partial charge >= 0.3 is 5.97 Å². The smallest absolute Gasteiger partial charge is 0.320 e. The van der Waals surface area contributed by atoms with Gasteiger partial charge in [0.2, 0.25) is 0 Å². The normalized spacial score (nSPS) is 12.3. The molecule has 2 N–H and O–H groups in total. The van der Waals surface area contributed by atoms with Crippen molar-refractivity contribution in [3.05, 3.63) is 70.5 Å². The Balaban J connectivity index is 1.59. The molecular formula is C25H26ClN5O7S. The van der Waals surface area contributed by atoms with Gasteiger partial charge in [0.05, 0.1) is 35.8 Å². The lowest BCUT2D eigenvalue weighted by Crippen LogP contribution is -2.35. The fraction of sp³-hybridized carbons (Fsp3) is 0.280. The van der Waals surface area contributed by atoms with Crippen molar-refractivity contribution in [1.29, 1.82) is 0 Å². The number of rotatable bonds is 11. The minimum atomic E-state index is -3.46. The van der Waals surface area contributed by atoms with Crippen LogP contribution in [0.4, 0.5) is 0 Å². The molecule has 0 bridgehead atoms. The molecular weight excluding hydrogens is 550 g/mol. The summed E-state index contributed by atoms with van der Waals surface area (Å²) in [5.41, 5.74) is 7.08. The van der Waals surface area contributed by atoms with Gasteiger partial charge in [0.25, 0.3) is 5.56 Å². The molecule has 4 rings (SSSR count). The van der Waals surface area contributed by atoms with Crippen molar-refractivity contribution in [2.24, 2.45) is 5.73 Å². The van der Waals surface area contributed by atoms with E-state index in [0.717, 1.165) is 0 Å². The Bertz CT molecular complexity index is 1650. The molecule has 0 aliphatic carbocycles. The van der Waals surface area contributed by atoms with Crippen molar-refractivity contribution >= 4 is 32.9 Å². The van der Waals surface area contributed by atoms with Crippen LogP contribution in [0.2, 0.25) is 5.02 Å². The standard InChI is InChI=1S/C25H26ClN5O7S/c1-3-39(34,35)14-19(38-24(32)10-27)13-37-22-7-5-18(9-23(22)36-2)30-15-29-31-12-16(8-21(31)25(30)33)20-6-4-17(26)11-28-20/h4-9,11-12,15,19H,3,10,13-14,27H2,1-2H3/t19-/m0/s1. The number of aromatic nitrogens is 4. The van der Waals surface area contributed by atoms with E-state index in [1.165, 1.54) is 35.6 Å². The number of hydrogen-bond donors (Lipinski definition) is 1. The molecule has 0 unspecified atom stereocenters. The molecule has 0 saturated heterocycles. The molecule has 39 heavy (non-hydrogen) atoms. The van der Waals surface area contributed by atoms with Crippen molar-refractivity contribution < 1.29 is 27.4 Å². The molecule has 14 heteroatoms. The topological polar surface area (TPSA) is 157 Å². The average molecular weight is 576 g/mol. The van der Waals surface area contributed by atoms with E-state index in [4.69, 9.17) is 31.5 Å². The number of pyridine rings is 1. The van der Waals surface area contributed by atoms with E-state index in [1.807, 2.05) is 0 Å². The highest BCUT2D eigenvalue weighted by Crippen LogP contribution is 2.30. The number of halogens is 1. The van der Waals surface area contributed by atoms with E-state index in [1.54, 1.807) is 42.6 Å². The lowest BCUT2D eigenvalue weighted by atomic mass is 10.2. The monoisotopic (exact) mass is 575 g/mol. The maximum atomic E-state index is 13.3. The molecule has 0 fully saturated rings. The zero-order valence-corrected chi connectivity index (χ0v) is 22.7. The van der Waals surface area contributed by atoms with Crippen LogP contribution >= 0.6 is 11.6 Å². The lowest BCUT2D eigenvalue weighted by Gasteiger charge is -2.19. The molecule has 0 amide bonds. The molecule has 1 aromatic carbocycles. The molecule has 12 nitrogen and oxygen atoms in total. The second-order valence-electron chi connectivity index (χ2n) is 8.39. The maximum Gasteiger partial charge on any atom is 0.320 e. The van der Waals surface area contributed by atoms with Crippen LogP contribution in [0.15, 0.2) is 59.9 Å². The number of esters is 1. The SMILES string of the molecule is CCS(=O)(=O)C[C@H](COc1ccc(-n2cnn3cc(-c4ccc(Cl)cn4)cc3c2=O)cc1OC)OC(=O)CN.